The van der Waals surface area contributed by atoms with Crippen molar-refractivity contribution in [2.24, 2.45) is 0 Å². The summed E-state index contributed by atoms with van der Waals surface area (Å²) in [4.78, 5) is 29.0. The Morgan fingerprint density at radius 2 is 2.20 bits per heavy atom. The number of benzene rings is 1. The van der Waals surface area contributed by atoms with Gasteiger partial charge < -0.3 is 9.64 Å². The monoisotopic (exact) mass is 405 g/mol. The largest absolute Gasteiger partial charge is 0.472 e. The summed E-state index contributed by atoms with van der Waals surface area (Å²) in [5.41, 5.74) is 0.808. The van der Waals surface area contributed by atoms with Crippen LogP contribution in [0.3, 0.4) is 0 Å². The maximum Gasteiger partial charge on any atom is 0.273 e. The van der Waals surface area contributed by atoms with Crippen LogP contribution in [0.1, 0.15) is 22.3 Å². The highest BCUT2D eigenvalue weighted by atomic mass is 79.9. The molecule has 2 aromatic rings. The van der Waals surface area contributed by atoms with Gasteiger partial charge in [-0.1, -0.05) is 6.07 Å². The number of carbonyl (C=O) groups is 1. The fourth-order valence-corrected chi connectivity index (χ4v) is 2.97. The normalized spacial score (nSPS) is 16.7. The molecule has 1 atom stereocenters. The van der Waals surface area contributed by atoms with Gasteiger partial charge in [-0.05, 0) is 35.0 Å². The van der Waals surface area contributed by atoms with Crippen LogP contribution >= 0.6 is 15.9 Å². The number of rotatable bonds is 4. The van der Waals surface area contributed by atoms with Gasteiger partial charge in [0, 0.05) is 46.9 Å². The van der Waals surface area contributed by atoms with Crippen molar-refractivity contribution in [3.05, 3.63) is 62.2 Å². The van der Waals surface area contributed by atoms with Gasteiger partial charge in [0.15, 0.2) is 0 Å². The second kappa shape index (κ2) is 7.18. The van der Waals surface area contributed by atoms with Crippen molar-refractivity contribution >= 4 is 27.5 Å². The molecule has 1 unspecified atom stereocenters. The van der Waals surface area contributed by atoms with Gasteiger partial charge in [-0.3, -0.25) is 14.9 Å². The summed E-state index contributed by atoms with van der Waals surface area (Å²) in [5.74, 6) is 0.284. The van der Waals surface area contributed by atoms with Crippen molar-refractivity contribution in [1.29, 1.82) is 0 Å². The molecule has 0 aliphatic carbocycles. The Hall–Kier alpha value is -2.48. The molecule has 1 aromatic carbocycles. The number of nitro benzene ring substituents is 1. The summed E-state index contributed by atoms with van der Waals surface area (Å²) in [7, 11) is 0. The summed E-state index contributed by atoms with van der Waals surface area (Å²) >= 11 is 3.31. The molecule has 1 aromatic heterocycles. The molecule has 7 nitrogen and oxygen atoms in total. The minimum absolute atomic E-state index is 0.0445. The van der Waals surface area contributed by atoms with Crippen molar-refractivity contribution in [2.75, 3.05) is 13.1 Å². The van der Waals surface area contributed by atoms with Crippen LogP contribution in [-0.2, 0) is 0 Å². The van der Waals surface area contributed by atoms with Crippen molar-refractivity contribution in [2.45, 2.75) is 19.4 Å². The number of aryl methyl sites for hydroxylation is 1. The molecule has 3 rings (SSSR count). The number of ether oxygens (including phenoxy) is 1. The third kappa shape index (κ3) is 3.96. The minimum Gasteiger partial charge on any atom is -0.472 e. The van der Waals surface area contributed by atoms with Gasteiger partial charge in [0.25, 0.3) is 11.6 Å². The molecule has 1 amide bonds. The number of nitro groups is 1. The minimum atomic E-state index is -0.471. The smallest absolute Gasteiger partial charge is 0.273 e. The number of likely N-dealkylation sites (tertiary alicyclic amines) is 1. The van der Waals surface area contributed by atoms with E-state index in [0.29, 0.717) is 36.5 Å². The number of pyridine rings is 1. The van der Waals surface area contributed by atoms with Gasteiger partial charge in [0.1, 0.15) is 6.10 Å². The van der Waals surface area contributed by atoms with Gasteiger partial charge >= 0.3 is 0 Å². The number of nitrogens with zero attached hydrogens (tertiary/aromatic N) is 3. The van der Waals surface area contributed by atoms with Crippen LogP contribution in [0.4, 0.5) is 5.69 Å². The second-order valence-corrected chi connectivity index (χ2v) is 6.77. The topological polar surface area (TPSA) is 85.6 Å². The first-order chi connectivity index (χ1) is 11.9. The maximum absolute atomic E-state index is 12.6. The molecule has 8 heteroatoms. The fourth-order valence-electron chi connectivity index (χ4n) is 2.73. The van der Waals surface area contributed by atoms with Crippen LogP contribution in [0.2, 0.25) is 0 Å². The fraction of sp³-hybridized carbons (Fsp3) is 0.294. The van der Waals surface area contributed by atoms with E-state index < -0.39 is 4.92 Å². The highest BCUT2D eigenvalue weighted by Crippen LogP contribution is 2.23. The molecule has 0 spiro atoms. The molecule has 0 saturated carbocycles. The lowest BCUT2D eigenvalue weighted by Gasteiger charge is -2.17. The van der Waals surface area contributed by atoms with Crippen LogP contribution in [0.15, 0.2) is 41.0 Å². The molecule has 0 bridgehead atoms. The van der Waals surface area contributed by atoms with Crippen LogP contribution < -0.4 is 4.74 Å². The number of amides is 1. The van der Waals surface area contributed by atoms with Crippen LogP contribution in [0.5, 0.6) is 5.88 Å². The number of aromatic nitrogens is 1. The average Bonchev–Trinajstić information content (AvgIpc) is 3.05. The standard InChI is InChI=1S/C17H16BrN3O4/c1-11-2-3-12(8-15(11)21(23)24)17(22)20-7-6-14(10-20)25-16-5-4-13(18)9-19-16/h2-5,8-9,14H,6-7,10H2,1H3. The first kappa shape index (κ1) is 17.3. The van der Waals surface area contributed by atoms with E-state index in [4.69, 9.17) is 4.74 Å². The highest BCUT2D eigenvalue weighted by molar-refractivity contribution is 9.10. The molecule has 130 valence electrons. The Balaban J connectivity index is 1.67. The molecule has 0 N–H and O–H groups in total. The van der Waals surface area contributed by atoms with E-state index in [2.05, 4.69) is 20.9 Å². The molecule has 2 heterocycles. The molecule has 1 saturated heterocycles. The lowest BCUT2D eigenvalue weighted by atomic mass is 10.1. The quantitative estimate of drug-likeness (QED) is 0.574. The Bertz CT molecular complexity index is 810. The van der Waals surface area contributed by atoms with Gasteiger partial charge in [-0.25, -0.2) is 4.98 Å². The first-order valence-corrected chi connectivity index (χ1v) is 8.56. The summed E-state index contributed by atoms with van der Waals surface area (Å²) in [5, 5.41) is 11.0. The SMILES string of the molecule is Cc1ccc(C(=O)N2CCC(Oc3ccc(Br)cn3)C2)cc1[N+](=O)[O-]. The van der Waals surface area contributed by atoms with Gasteiger partial charge in [0.2, 0.25) is 5.88 Å². The van der Waals surface area contributed by atoms with E-state index in [9.17, 15) is 14.9 Å². The molecule has 0 radical (unpaired) electrons. The Labute approximate surface area is 152 Å². The van der Waals surface area contributed by atoms with Gasteiger partial charge in [-0.15, -0.1) is 0 Å². The van der Waals surface area contributed by atoms with Crippen molar-refractivity contribution < 1.29 is 14.5 Å². The summed E-state index contributed by atoms with van der Waals surface area (Å²) in [6.07, 6.45) is 2.20. The van der Waals surface area contributed by atoms with Crippen LogP contribution in [0, 0.1) is 17.0 Å². The van der Waals surface area contributed by atoms with Gasteiger partial charge in [0.05, 0.1) is 11.5 Å². The second-order valence-electron chi connectivity index (χ2n) is 5.85. The number of hydrogen-bond acceptors (Lipinski definition) is 5. The Kier molecular flexibility index (Phi) is 4.98. The molecular formula is C17H16BrN3O4. The zero-order chi connectivity index (χ0) is 18.0. The highest BCUT2D eigenvalue weighted by Gasteiger charge is 2.29. The van der Waals surface area contributed by atoms with E-state index in [1.807, 2.05) is 6.07 Å². The third-order valence-corrected chi connectivity index (χ3v) is 4.54. The van der Waals surface area contributed by atoms with E-state index in [1.165, 1.54) is 6.07 Å². The predicted molar refractivity (Wildman–Crippen MR) is 94.7 cm³/mol. The summed E-state index contributed by atoms with van der Waals surface area (Å²) < 4.78 is 6.66. The molecule has 1 aliphatic heterocycles. The van der Waals surface area contributed by atoms with Gasteiger partial charge in [-0.2, -0.15) is 0 Å². The number of carbonyl (C=O) groups excluding carboxylic acids is 1. The maximum atomic E-state index is 12.6. The molecule has 1 aliphatic rings. The van der Waals surface area contributed by atoms with Crippen molar-refractivity contribution in [3.8, 4) is 5.88 Å². The lowest BCUT2D eigenvalue weighted by Crippen LogP contribution is -2.31. The van der Waals surface area contributed by atoms with E-state index in [1.54, 1.807) is 36.2 Å². The molecule has 25 heavy (non-hydrogen) atoms. The Morgan fingerprint density at radius 3 is 2.88 bits per heavy atom. The predicted octanol–water partition coefficient (Wildman–Crippen LogP) is 3.35. The van der Waals surface area contributed by atoms with Crippen LogP contribution in [0.25, 0.3) is 0 Å². The molecular weight excluding hydrogens is 390 g/mol. The van der Waals surface area contributed by atoms with Crippen LogP contribution in [-0.4, -0.2) is 39.9 Å². The zero-order valence-electron chi connectivity index (χ0n) is 13.5. The Morgan fingerprint density at radius 1 is 1.40 bits per heavy atom. The third-order valence-electron chi connectivity index (χ3n) is 4.07. The lowest BCUT2D eigenvalue weighted by molar-refractivity contribution is -0.385. The van der Waals surface area contributed by atoms with Crippen molar-refractivity contribution in [1.82, 2.24) is 9.88 Å². The molecule has 1 fully saturated rings. The number of hydrogen-bond donors (Lipinski definition) is 0. The van der Waals surface area contributed by atoms with E-state index in [-0.39, 0.29) is 17.7 Å². The first-order valence-electron chi connectivity index (χ1n) is 7.76. The number of halogens is 1. The van der Waals surface area contributed by atoms with E-state index >= 15 is 0 Å². The van der Waals surface area contributed by atoms with Crippen molar-refractivity contribution in [3.63, 3.8) is 0 Å². The summed E-state index contributed by atoms with van der Waals surface area (Å²) in [6, 6.07) is 8.15. The summed E-state index contributed by atoms with van der Waals surface area (Å²) in [6.45, 7) is 2.62. The average molecular weight is 406 g/mol. The van der Waals surface area contributed by atoms with E-state index in [0.717, 1.165) is 4.47 Å². The zero-order valence-corrected chi connectivity index (χ0v) is 15.1.